The topological polar surface area (TPSA) is 51.2 Å². The highest BCUT2D eigenvalue weighted by atomic mass is 32.2. The van der Waals surface area contributed by atoms with Crippen molar-refractivity contribution in [3.63, 3.8) is 0 Å². The van der Waals surface area contributed by atoms with Crippen molar-refractivity contribution >= 4 is 34.1 Å². The first kappa shape index (κ1) is 17.7. The molecule has 0 fully saturated rings. The van der Waals surface area contributed by atoms with Crippen LogP contribution in [0.4, 0.5) is 13.9 Å². The Bertz CT molecular complexity index is 660. The normalized spacial score (nSPS) is 10.8. The number of carbonyl (C=O) groups excluding carboxylic acids is 1. The van der Waals surface area contributed by atoms with Crippen LogP contribution in [-0.4, -0.2) is 23.8 Å². The van der Waals surface area contributed by atoms with Gasteiger partial charge >= 0.3 is 6.61 Å². The number of alkyl halides is 2. The minimum Gasteiger partial charge on any atom is -0.435 e. The second-order valence-corrected chi connectivity index (χ2v) is 6.74. The minimum atomic E-state index is -2.83. The molecule has 0 atom stereocenters. The van der Waals surface area contributed by atoms with Crippen LogP contribution in [0.25, 0.3) is 0 Å². The van der Waals surface area contributed by atoms with Gasteiger partial charge in [-0.1, -0.05) is 23.5 Å². The molecular weight excluding hydrogens is 342 g/mol. The fraction of sp³-hybridized carbons (Fsp3) is 0.333. The Morgan fingerprint density at radius 3 is 2.65 bits per heavy atom. The number of hydrogen-bond acceptors (Lipinski definition) is 5. The highest BCUT2D eigenvalue weighted by molar-refractivity contribution is 8.00. The standard InChI is InChI=1S/C15H16F2N2O2S2/c1-9-13(22-2)23-15(18-9)19-12(20)8-5-10-3-6-11(7-4-10)21-14(16)17/h3-4,6-7,14H,5,8H2,1-2H3,(H,18,19,20). The average Bonchev–Trinajstić information content (AvgIpc) is 2.85. The predicted octanol–water partition coefficient (Wildman–Crippen LogP) is 4.35. The molecule has 0 aliphatic heterocycles. The summed E-state index contributed by atoms with van der Waals surface area (Å²) >= 11 is 3.05. The molecule has 1 N–H and O–H groups in total. The van der Waals surface area contributed by atoms with E-state index in [4.69, 9.17) is 0 Å². The number of amides is 1. The first-order valence-corrected chi connectivity index (χ1v) is 8.87. The van der Waals surface area contributed by atoms with E-state index in [1.54, 1.807) is 23.9 Å². The molecule has 0 aliphatic rings. The van der Waals surface area contributed by atoms with E-state index >= 15 is 0 Å². The number of thioether (sulfide) groups is 1. The SMILES string of the molecule is CSc1sc(NC(=O)CCc2ccc(OC(F)F)cc2)nc1C. The van der Waals surface area contributed by atoms with Gasteiger partial charge in [-0.3, -0.25) is 4.79 Å². The maximum atomic E-state index is 12.1. The van der Waals surface area contributed by atoms with Crippen LogP contribution in [0.1, 0.15) is 17.7 Å². The van der Waals surface area contributed by atoms with E-state index in [-0.39, 0.29) is 11.7 Å². The van der Waals surface area contributed by atoms with E-state index in [2.05, 4.69) is 15.0 Å². The third-order valence-corrected chi connectivity index (χ3v) is 5.26. The number of ether oxygens (including phenoxy) is 1. The molecule has 124 valence electrons. The number of nitrogens with one attached hydrogen (secondary N) is 1. The molecule has 2 aromatic rings. The third-order valence-electron chi connectivity index (χ3n) is 2.98. The van der Waals surface area contributed by atoms with Gasteiger partial charge in [-0.15, -0.1) is 11.8 Å². The van der Waals surface area contributed by atoms with Crippen molar-refractivity contribution in [3.8, 4) is 5.75 Å². The molecule has 8 heteroatoms. The van der Waals surface area contributed by atoms with Crippen LogP contribution in [0.5, 0.6) is 5.75 Å². The number of aryl methyl sites for hydroxylation is 2. The summed E-state index contributed by atoms with van der Waals surface area (Å²) in [4.78, 5) is 16.2. The van der Waals surface area contributed by atoms with Crippen LogP contribution in [-0.2, 0) is 11.2 Å². The third kappa shape index (κ3) is 5.47. The highest BCUT2D eigenvalue weighted by Gasteiger charge is 2.10. The Kier molecular flexibility index (Phi) is 6.35. The van der Waals surface area contributed by atoms with Gasteiger partial charge in [0.2, 0.25) is 5.91 Å². The van der Waals surface area contributed by atoms with Crippen molar-refractivity contribution in [1.29, 1.82) is 0 Å². The largest absolute Gasteiger partial charge is 0.435 e. The molecule has 23 heavy (non-hydrogen) atoms. The van der Waals surface area contributed by atoms with Gasteiger partial charge in [0.25, 0.3) is 0 Å². The van der Waals surface area contributed by atoms with Crippen LogP contribution in [0, 0.1) is 6.92 Å². The van der Waals surface area contributed by atoms with Crippen LogP contribution >= 0.6 is 23.1 Å². The lowest BCUT2D eigenvalue weighted by Gasteiger charge is -2.06. The first-order valence-electron chi connectivity index (χ1n) is 6.83. The van der Waals surface area contributed by atoms with Crippen LogP contribution in [0.3, 0.4) is 0 Å². The lowest BCUT2D eigenvalue weighted by molar-refractivity contribution is -0.116. The Balaban J connectivity index is 1.83. The molecule has 0 radical (unpaired) electrons. The molecule has 4 nitrogen and oxygen atoms in total. The fourth-order valence-electron chi connectivity index (χ4n) is 1.90. The van der Waals surface area contributed by atoms with Crippen molar-refractivity contribution in [2.24, 2.45) is 0 Å². The van der Waals surface area contributed by atoms with Gasteiger partial charge in [-0.05, 0) is 37.3 Å². The fourth-order valence-corrected chi connectivity index (χ4v) is 3.53. The van der Waals surface area contributed by atoms with E-state index < -0.39 is 6.61 Å². The van der Waals surface area contributed by atoms with Crippen molar-refractivity contribution in [2.75, 3.05) is 11.6 Å². The molecule has 0 aliphatic carbocycles. The molecule has 0 bridgehead atoms. The molecule has 1 amide bonds. The van der Waals surface area contributed by atoms with Gasteiger partial charge in [-0.2, -0.15) is 8.78 Å². The van der Waals surface area contributed by atoms with Gasteiger partial charge in [-0.25, -0.2) is 4.98 Å². The van der Waals surface area contributed by atoms with Crippen LogP contribution in [0.15, 0.2) is 28.5 Å². The quantitative estimate of drug-likeness (QED) is 0.748. The lowest BCUT2D eigenvalue weighted by atomic mass is 10.1. The number of aromatic nitrogens is 1. The van der Waals surface area contributed by atoms with Crippen LogP contribution < -0.4 is 10.1 Å². The van der Waals surface area contributed by atoms with Gasteiger partial charge in [0.05, 0.1) is 9.90 Å². The van der Waals surface area contributed by atoms with Crippen LogP contribution in [0.2, 0.25) is 0 Å². The van der Waals surface area contributed by atoms with E-state index in [0.717, 1.165) is 15.5 Å². The predicted molar refractivity (Wildman–Crippen MR) is 88.7 cm³/mol. The Hall–Kier alpha value is -1.67. The summed E-state index contributed by atoms with van der Waals surface area (Å²) in [6, 6.07) is 6.28. The van der Waals surface area contributed by atoms with E-state index in [0.29, 0.717) is 18.0 Å². The highest BCUT2D eigenvalue weighted by Crippen LogP contribution is 2.30. The van der Waals surface area contributed by atoms with Crippen molar-refractivity contribution in [1.82, 2.24) is 4.98 Å². The summed E-state index contributed by atoms with van der Waals surface area (Å²) in [7, 11) is 0. The Morgan fingerprint density at radius 2 is 2.09 bits per heavy atom. The van der Waals surface area contributed by atoms with Crippen molar-refractivity contribution in [2.45, 2.75) is 30.6 Å². The molecule has 1 aromatic heterocycles. The summed E-state index contributed by atoms with van der Waals surface area (Å²) < 4.78 is 29.5. The zero-order valence-electron chi connectivity index (χ0n) is 12.6. The number of rotatable bonds is 7. The van der Waals surface area contributed by atoms with E-state index in [1.165, 1.54) is 23.5 Å². The lowest BCUT2D eigenvalue weighted by Crippen LogP contribution is -2.12. The minimum absolute atomic E-state index is 0.107. The number of thiazole rings is 1. The molecule has 1 heterocycles. The molecule has 0 unspecified atom stereocenters. The zero-order chi connectivity index (χ0) is 16.8. The van der Waals surface area contributed by atoms with Crippen molar-refractivity contribution in [3.05, 3.63) is 35.5 Å². The summed E-state index contributed by atoms with van der Waals surface area (Å²) in [6.45, 7) is -0.930. The first-order chi connectivity index (χ1) is 11.0. The average molecular weight is 358 g/mol. The summed E-state index contributed by atoms with van der Waals surface area (Å²) in [6.07, 6.45) is 2.77. The van der Waals surface area contributed by atoms with E-state index in [9.17, 15) is 13.6 Å². The number of nitrogens with zero attached hydrogens (tertiary/aromatic N) is 1. The van der Waals surface area contributed by atoms with Gasteiger partial charge < -0.3 is 10.1 Å². The number of benzene rings is 1. The zero-order valence-corrected chi connectivity index (χ0v) is 14.3. The maximum Gasteiger partial charge on any atom is 0.387 e. The molecular formula is C15H16F2N2O2S2. The molecule has 0 saturated carbocycles. The van der Waals surface area contributed by atoms with E-state index in [1.807, 2.05) is 13.2 Å². The number of anilines is 1. The smallest absolute Gasteiger partial charge is 0.387 e. The van der Waals surface area contributed by atoms with Gasteiger partial charge in [0.1, 0.15) is 5.75 Å². The number of carbonyl (C=O) groups is 1. The monoisotopic (exact) mass is 358 g/mol. The Morgan fingerprint density at radius 1 is 1.39 bits per heavy atom. The second kappa shape index (κ2) is 8.26. The molecule has 0 spiro atoms. The van der Waals surface area contributed by atoms with Gasteiger partial charge in [0.15, 0.2) is 5.13 Å². The summed E-state index contributed by atoms with van der Waals surface area (Å²) in [5.41, 5.74) is 1.79. The molecule has 2 rings (SSSR count). The second-order valence-electron chi connectivity index (χ2n) is 4.67. The Labute approximate surface area is 141 Å². The number of hydrogen-bond donors (Lipinski definition) is 1. The summed E-state index contributed by atoms with van der Waals surface area (Å²) in [5, 5.41) is 3.37. The number of halogens is 2. The maximum absolute atomic E-state index is 12.1. The van der Waals surface area contributed by atoms with Crippen molar-refractivity contribution < 1.29 is 18.3 Å². The van der Waals surface area contributed by atoms with Gasteiger partial charge in [0, 0.05) is 6.42 Å². The summed E-state index contributed by atoms with van der Waals surface area (Å²) in [5.74, 6) is -0.0182. The molecule has 1 aromatic carbocycles. The molecule has 0 saturated heterocycles.